The Morgan fingerprint density at radius 2 is 1.02 bits per heavy atom. The molecule has 0 N–H and O–H groups in total. The van der Waals surface area contributed by atoms with Gasteiger partial charge in [0.05, 0.1) is 10.8 Å². The van der Waals surface area contributed by atoms with Crippen molar-refractivity contribution < 1.29 is 4.74 Å². The van der Waals surface area contributed by atoms with Crippen molar-refractivity contribution >= 4 is 10.8 Å². The van der Waals surface area contributed by atoms with E-state index in [4.69, 9.17) is 4.74 Å². The summed E-state index contributed by atoms with van der Waals surface area (Å²) in [5, 5.41) is 2.59. The lowest BCUT2D eigenvalue weighted by Gasteiger charge is -2.39. The standard InChI is InChI=1S/C49H32O/c1-48(33-15-3-2-4-16-33)43-23-11-12-24-44(43)50-45-25-13-20-35(47(45)48)32-27-29-42-39(30-32)37-19-8-10-22-41(37)49(42)40-21-9-7-18-36(40)38-28-26-31-14-5-6-17-34(31)46(38)49/h2-30H,1H3. The Kier molecular flexibility index (Phi) is 5.51. The van der Waals surface area contributed by atoms with Gasteiger partial charge in [0.2, 0.25) is 0 Å². The first-order valence-electron chi connectivity index (χ1n) is 17.5. The van der Waals surface area contributed by atoms with Gasteiger partial charge in [-0.05, 0) is 97.1 Å². The summed E-state index contributed by atoms with van der Waals surface area (Å²) in [7, 11) is 0. The highest BCUT2D eigenvalue weighted by Crippen LogP contribution is 2.64. The van der Waals surface area contributed by atoms with Gasteiger partial charge in [0, 0.05) is 11.1 Å². The number of hydrogen-bond acceptors (Lipinski definition) is 1. The van der Waals surface area contributed by atoms with E-state index in [2.05, 4.69) is 183 Å². The van der Waals surface area contributed by atoms with E-state index >= 15 is 0 Å². The van der Waals surface area contributed by atoms with Gasteiger partial charge in [-0.25, -0.2) is 0 Å². The molecule has 0 saturated heterocycles. The SMILES string of the molecule is CC1(c2ccccc2)c2ccccc2Oc2cccc(-c3ccc4c(c3)-c3ccccc3C43c4ccccc4-c4ccc5ccccc5c43)c21. The maximum Gasteiger partial charge on any atom is 0.132 e. The molecular formula is C49H32O. The molecule has 11 rings (SSSR count). The lowest BCUT2D eigenvalue weighted by atomic mass is 9.67. The van der Waals surface area contributed by atoms with Gasteiger partial charge in [-0.15, -0.1) is 0 Å². The molecule has 0 aromatic heterocycles. The van der Waals surface area contributed by atoms with E-state index in [1.54, 1.807) is 0 Å². The van der Waals surface area contributed by atoms with Crippen LogP contribution in [0.4, 0.5) is 0 Å². The summed E-state index contributed by atoms with van der Waals surface area (Å²) in [6, 6.07) is 64.9. The Morgan fingerprint density at radius 1 is 0.400 bits per heavy atom. The van der Waals surface area contributed by atoms with Crippen molar-refractivity contribution in [3.05, 3.63) is 215 Å². The van der Waals surface area contributed by atoms with Crippen LogP contribution in [0, 0.1) is 0 Å². The number of ether oxygens (including phenoxy) is 1. The molecule has 2 atom stereocenters. The molecule has 1 heteroatoms. The predicted octanol–water partition coefficient (Wildman–Crippen LogP) is 12.3. The molecule has 1 nitrogen and oxygen atoms in total. The first-order valence-corrected chi connectivity index (χ1v) is 17.5. The van der Waals surface area contributed by atoms with Gasteiger partial charge >= 0.3 is 0 Å². The van der Waals surface area contributed by atoms with E-state index in [1.807, 2.05) is 0 Å². The second-order valence-corrected chi connectivity index (χ2v) is 14.1. The highest BCUT2D eigenvalue weighted by molar-refractivity contribution is 6.04. The summed E-state index contributed by atoms with van der Waals surface area (Å²) in [4.78, 5) is 0. The van der Waals surface area contributed by atoms with E-state index in [1.165, 1.54) is 83.1 Å². The van der Waals surface area contributed by atoms with Crippen LogP contribution < -0.4 is 4.74 Å². The number of fused-ring (bicyclic) bond motifs is 14. The van der Waals surface area contributed by atoms with Gasteiger partial charge in [0.1, 0.15) is 11.5 Å². The van der Waals surface area contributed by atoms with E-state index in [9.17, 15) is 0 Å². The van der Waals surface area contributed by atoms with Crippen LogP contribution in [-0.4, -0.2) is 0 Å². The van der Waals surface area contributed by atoms with E-state index in [0.717, 1.165) is 11.5 Å². The molecule has 0 bridgehead atoms. The number of hydrogen-bond donors (Lipinski definition) is 0. The number of benzene rings is 8. The monoisotopic (exact) mass is 636 g/mol. The molecule has 0 radical (unpaired) electrons. The zero-order valence-electron chi connectivity index (χ0n) is 27.7. The smallest absolute Gasteiger partial charge is 0.132 e. The van der Waals surface area contributed by atoms with Crippen molar-refractivity contribution in [2.45, 2.75) is 17.8 Å². The first-order chi connectivity index (χ1) is 24.7. The third-order valence-corrected chi connectivity index (χ3v) is 11.8. The lowest BCUT2D eigenvalue weighted by molar-refractivity contribution is 0.428. The quantitative estimate of drug-likeness (QED) is 0.183. The zero-order chi connectivity index (χ0) is 33.0. The van der Waals surface area contributed by atoms with Crippen LogP contribution in [0.3, 0.4) is 0 Å². The highest BCUT2D eigenvalue weighted by Gasteiger charge is 2.52. The van der Waals surface area contributed by atoms with Crippen LogP contribution in [0.5, 0.6) is 11.5 Å². The second-order valence-electron chi connectivity index (χ2n) is 14.1. The molecule has 2 unspecified atom stereocenters. The van der Waals surface area contributed by atoms with E-state index < -0.39 is 10.8 Å². The van der Waals surface area contributed by atoms with Gasteiger partial charge in [0.25, 0.3) is 0 Å². The molecule has 1 heterocycles. The molecule has 3 aliphatic rings. The van der Waals surface area contributed by atoms with Crippen molar-refractivity contribution in [2.24, 2.45) is 0 Å². The Hall–Kier alpha value is -6.18. The molecule has 8 aromatic rings. The largest absolute Gasteiger partial charge is 0.457 e. The fraction of sp³-hybridized carbons (Fsp3) is 0.0612. The van der Waals surface area contributed by atoms with Crippen molar-refractivity contribution in [1.29, 1.82) is 0 Å². The minimum absolute atomic E-state index is 0.409. The summed E-state index contributed by atoms with van der Waals surface area (Å²) in [6.07, 6.45) is 0. The number of para-hydroxylation sites is 1. The predicted molar refractivity (Wildman–Crippen MR) is 204 cm³/mol. The Bertz CT molecular complexity index is 2700. The van der Waals surface area contributed by atoms with Crippen LogP contribution in [-0.2, 0) is 10.8 Å². The van der Waals surface area contributed by atoms with Gasteiger partial charge in [-0.1, -0.05) is 158 Å². The topological polar surface area (TPSA) is 9.23 Å². The minimum atomic E-state index is -0.414. The first kappa shape index (κ1) is 27.7. The second kappa shape index (κ2) is 9.94. The molecule has 234 valence electrons. The molecule has 1 aliphatic heterocycles. The fourth-order valence-corrected chi connectivity index (χ4v) is 9.76. The lowest BCUT2D eigenvalue weighted by Crippen LogP contribution is -2.30. The third-order valence-electron chi connectivity index (χ3n) is 11.8. The summed E-state index contributed by atoms with van der Waals surface area (Å²) in [5.41, 5.74) is 15.9. The zero-order valence-corrected chi connectivity index (χ0v) is 27.7. The average Bonchev–Trinajstić information content (AvgIpc) is 3.65. The Labute approximate surface area is 292 Å². The fourth-order valence-electron chi connectivity index (χ4n) is 9.76. The molecule has 50 heavy (non-hydrogen) atoms. The van der Waals surface area contributed by atoms with Gasteiger partial charge in [-0.2, -0.15) is 0 Å². The molecule has 8 aromatic carbocycles. The highest BCUT2D eigenvalue weighted by atomic mass is 16.5. The van der Waals surface area contributed by atoms with E-state index in [-0.39, 0.29) is 0 Å². The van der Waals surface area contributed by atoms with Crippen LogP contribution in [0.15, 0.2) is 176 Å². The Morgan fingerprint density at radius 3 is 1.84 bits per heavy atom. The summed E-state index contributed by atoms with van der Waals surface area (Å²) < 4.78 is 6.70. The van der Waals surface area contributed by atoms with Crippen LogP contribution >= 0.6 is 0 Å². The van der Waals surface area contributed by atoms with Gasteiger partial charge in [0.15, 0.2) is 0 Å². The molecule has 2 aliphatic carbocycles. The Balaban J connectivity index is 1.20. The normalized spacial score (nSPS) is 18.8. The molecular weight excluding hydrogens is 605 g/mol. The van der Waals surface area contributed by atoms with Crippen molar-refractivity contribution in [3.63, 3.8) is 0 Å². The average molecular weight is 637 g/mol. The molecule has 0 fully saturated rings. The minimum Gasteiger partial charge on any atom is -0.457 e. The summed E-state index contributed by atoms with van der Waals surface area (Å²) in [6.45, 7) is 2.36. The number of rotatable bonds is 2. The summed E-state index contributed by atoms with van der Waals surface area (Å²) >= 11 is 0. The van der Waals surface area contributed by atoms with Crippen molar-refractivity contribution in [3.8, 4) is 44.9 Å². The maximum absolute atomic E-state index is 6.70. The summed E-state index contributed by atoms with van der Waals surface area (Å²) in [5.74, 6) is 1.83. The molecule has 0 amide bonds. The molecule has 1 spiro atoms. The molecule has 0 saturated carbocycles. The van der Waals surface area contributed by atoms with Gasteiger partial charge < -0.3 is 4.74 Å². The van der Waals surface area contributed by atoms with Crippen LogP contribution in [0.25, 0.3) is 44.2 Å². The van der Waals surface area contributed by atoms with Crippen LogP contribution in [0.1, 0.15) is 45.9 Å². The van der Waals surface area contributed by atoms with E-state index in [0.29, 0.717) is 0 Å². The maximum atomic E-state index is 6.70. The van der Waals surface area contributed by atoms with Crippen molar-refractivity contribution in [1.82, 2.24) is 0 Å². The third kappa shape index (κ3) is 3.37. The van der Waals surface area contributed by atoms with Gasteiger partial charge in [-0.3, -0.25) is 0 Å². The van der Waals surface area contributed by atoms with Crippen molar-refractivity contribution in [2.75, 3.05) is 0 Å². The van der Waals surface area contributed by atoms with Crippen LogP contribution in [0.2, 0.25) is 0 Å².